The molecule has 27 heavy (non-hydrogen) atoms. The molecule has 0 atom stereocenters. The number of hydrogen-bond acceptors (Lipinski definition) is 7. The van der Waals surface area contributed by atoms with E-state index in [4.69, 9.17) is 10.5 Å². The first kappa shape index (κ1) is 18.2. The molecule has 0 unspecified atom stereocenters. The molecule has 0 spiro atoms. The molecule has 0 aliphatic carbocycles. The molecule has 3 heterocycles. The Morgan fingerprint density at radius 1 is 1.15 bits per heavy atom. The van der Waals surface area contributed by atoms with Gasteiger partial charge in [0.1, 0.15) is 5.69 Å². The van der Waals surface area contributed by atoms with Gasteiger partial charge in [-0.1, -0.05) is 12.1 Å². The predicted octanol–water partition coefficient (Wildman–Crippen LogP) is 2.16. The number of anilines is 3. The lowest BCUT2D eigenvalue weighted by Crippen LogP contribution is -2.40. The second kappa shape index (κ2) is 8.24. The zero-order valence-corrected chi connectivity index (χ0v) is 16.1. The molecule has 2 saturated heterocycles. The van der Waals surface area contributed by atoms with Gasteiger partial charge in [-0.25, -0.2) is 4.98 Å². The predicted molar refractivity (Wildman–Crippen MR) is 109 cm³/mol. The first-order valence-electron chi connectivity index (χ1n) is 9.40. The summed E-state index contributed by atoms with van der Waals surface area (Å²) in [6.45, 7) is 4.85. The second-order valence-corrected chi connectivity index (χ2v) is 7.75. The minimum absolute atomic E-state index is 0.174. The van der Waals surface area contributed by atoms with E-state index in [1.54, 1.807) is 0 Å². The van der Waals surface area contributed by atoms with E-state index in [0.717, 1.165) is 55.5 Å². The SMILES string of the molecule is NC1CCN(c2ccccc2NC(=O)c2csc(N3CCOCC3)n2)CC1. The summed E-state index contributed by atoms with van der Waals surface area (Å²) in [7, 11) is 0. The highest BCUT2D eigenvalue weighted by Gasteiger charge is 2.21. The number of thiazole rings is 1. The molecule has 7 nitrogen and oxygen atoms in total. The Hall–Kier alpha value is -2.16. The van der Waals surface area contributed by atoms with Crippen LogP contribution in [0.2, 0.25) is 0 Å². The van der Waals surface area contributed by atoms with Gasteiger partial charge in [0.15, 0.2) is 5.13 Å². The van der Waals surface area contributed by atoms with E-state index in [2.05, 4.69) is 20.1 Å². The van der Waals surface area contributed by atoms with Crippen LogP contribution in [0.1, 0.15) is 23.3 Å². The number of carbonyl (C=O) groups excluding carboxylic acids is 1. The molecule has 0 saturated carbocycles. The van der Waals surface area contributed by atoms with Gasteiger partial charge in [0.05, 0.1) is 24.6 Å². The van der Waals surface area contributed by atoms with Gasteiger partial charge in [-0.15, -0.1) is 11.3 Å². The summed E-state index contributed by atoms with van der Waals surface area (Å²) in [6, 6.07) is 8.20. The van der Waals surface area contributed by atoms with E-state index >= 15 is 0 Å². The Morgan fingerprint density at radius 2 is 1.89 bits per heavy atom. The number of nitrogens with zero attached hydrogens (tertiary/aromatic N) is 3. The number of nitrogens with one attached hydrogen (secondary N) is 1. The number of para-hydroxylation sites is 2. The summed E-state index contributed by atoms with van der Waals surface area (Å²) >= 11 is 1.50. The van der Waals surface area contributed by atoms with Crippen LogP contribution >= 0.6 is 11.3 Å². The molecule has 0 bridgehead atoms. The lowest BCUT2D eigenvalue weighted by Gasteiger charge is -2.33. The van der Waals surface area contributed by atoms with Crippen molar-refractivity contribution in [3.05, 3.63) is 35.3 Å². The monoisotopic (exact) mass is 387 g/mol. The number of morpholine rings is 1. The van der Waals surface area contributed by atoms with Crippen molar-refractivity contribution in [2.75, 3.05) is 54.5 Å². The summed E-state index contributed by atoms with van der Waals surface area (Å²) in [5.41, 5.74) is 8.34. The number of carbonyl (C=O) groups is 1. The molecule has 0 radical (unpaired) electrons. The fourth-order valence-corrected chi connectivity index (χ4v) is 4.31. The average molecular weight is 388 g/mol. The minimum atomic E-state index is -0.174. The van der Waals surface area contributed by atoms with Crippen molar-refractivity contribution in [3.8, 4) is 0 Å². The third-order valence-corrected chi connectivity index (χ3v) is 5.94. The Morgan fingerprint density at radius 3 is 2.67 bits per heavy atom. The highest BCUT2D eigenvalue weighted by atomic mass is 32.1. The fourth-order valence-electron chi connectivity index (χ4n) is 3.45. The average Bonchev–Trinajstić information content (AvgIpc) is 3.20. The topological polar surface area (TPSA) is 83.7 Å². The Balaban J connectivity index is 1.46. The first-order valence-corrected chi connectivity index (χ1v) is 10.3. The number of aromatic nitrogens is 1. The van der Waals surface area contributed by atoms with Crippen LogP contribution in [0.25, 0.3) is 0 Å². The maximum absolute atomic E-state index is 12.7. The fraction of sp³-hybridized carbons (Fsp3) is 0.474. The van der Waals surface area contributed by atoms with Gasteiger partial charge >= 0.3 is 0 Å². The van der Waals surface area contributed by atoms with Gasteiger partial charge < -0.3 is 25.6 Å². The summed E-state index contributed by atoms with van der Waals surface area (Å²) in [5, 5.41) is 5.74. The summed E-state index contributed by atoms with van der Waals surface area (Å²) < 4.78 is 5.38. The van der Waals surface area contributed by atoms with Crippen molar-refractivity contribution in [1.82, 2.24) is 4.98 Å². The lowest BCUT2D eigenvalue weighted by atomic mass is 10.0. The molecule has 1 aromatic carbocycles. The number of ether oxygens (including phenoxy) is 1. The van der Waals surface area contributed by atoms with Gasteiger partial charge in [-0.3, -0.25) is 4.79 Å². The quantitative estimate of drug-likeness (QED) is 0.836. The first-order chi connectivity index (χ1) is 13.2. The van der Waals surface area contributed by atoms with Crippen LogP contribution in [0.4, 0.5) is 16.5 Å². The normalized spacial score (nSPS) is 18.6. The van der Waals surface area contributed by atoms with Crippen LogP contribution in [0.15, 0.2) is 29.6 Å². The van der Waals surface area contributed by atoms with E-state index in [-0.39, 0.29) is 11.9 Å². The van der Waals surface area contributed by atoms with Crippen LogP contribution in [0.5, 0.6) is 0 Å². The van der Waals surface area contributed by atoms with Crippen molar-refractivity contribution < 1.29 is 9.53 Å². The molecule has 2 fully saturated rings. The zero-order chi connectivity index (χ0) is 18.6. The summed E-state index contributed by atoms with van der Waals surface area (Å²) in [6.07, 6.45) is 1.94. The maximum atomic E-state index is 12.7. The van der Waals surface area contributed by atoms with Crippen molar-refractivity contribution in [2.24, 2.45) is 5.73 Å². The second-order valence-electron chi connectivity index (χ2n) is 6.91. The van der Waals surface area contributed by atoms with E-state index in [1.807, 2.05) is 29.6 Å². The van der Waals surface area contributed by atoms with Crippen LogP contribution in [-0.4, -0.2) is 56.3 Å². The highest BCUT2D eigenvalue weighted by molar-refractivity contribution is 7.14. The maximum Gasteiger partial charge on any atom is 0.275 e. The molecule has 8 heteroatoms. The minimum Gasteiger partial charge on any atom is -0.378 e. The molecule has 144 valence electrons. The largest absolute Gasteiger partial charge is 0.378 e. The number of rotatable bonds is 4. The standard InChI is InChI=1S/C19H25N5O2S/c20-14-5-7-23(8-6-14)17-4-2-1-3-15(17)21-18(25)16-13-27-19(22-16)24-9-11-26-12-10-24/h1-4,13-14H,5-12,20H2,(H,21,25). The molecule has 2 aromatic rings. The summed E-state index contributed by atoms with van der Waals surface area (Å²) in [5.74, 6) is -0.174. The van der Waals surface area contributed by atoms with Gasteiger partial charge in [0.2, 0.25) is 0 Å². The van der Waals surface area contributed by atoms with Gasteiger partial charge in [-0.05, 0) is 25.0 Å². The van der Waals surface area contributed by atoms with Gasteiger partial charge in [0.25, 0.3) is 5.91 Å². The van der Waals surface area contributed by atoms with Crippen molar-refractivity contribution >= 4 is 33.8 Å². The summed E-state index contributed by atoms with van der Waals surface area (Å²) in [4.78, 5) is 21.7. The number of hydrogen-bond donors (Lipinski definition) is 2. The number of piperidine rings is 1. The van der Waals surface area contributed by atoms with Crippen LogP contribution in [0, 0.1) is 0 Å². The van der Waals surface area contributed by atoms with Crippen molar-refractivity contribution in [2.45, 2.75) is 18.9 Å². The van der Waals surface area contributed by atoms with Crippen LogP contribution in [-0.2, 0) is 4.74 Å². The molecule has 2 aliphatic heterocycles. The Kier molecular flexibility index (Phi) is 5.56. The molecule has 3 N–H and O–H groups in total. The van der Waals surface area contributed by atoms with Crippen molar-refractivity contribution in [3.63, 3.8) is 0 Å². The molecular formula is C19H25N5O2S. The van der Waals surface area contributed by atoms with E-state index < -0.39 is 0 Å². The molecular weight excluding hydrogens is 362 g/mol. The van der Waals surface area contributed by atoms with Gasteiger partial charge in [0, 0.05) is 37.6 Å². The molecule has 4 rings (SSSR count). The number of nitrogens with two attached hydrogens (primary N) is 1. The lowest BCUT2D eigenvalue weighted by molar-refractivity contribution is 0.102. The van der Waals surface area contributed by atoms with E-state index in [9.17, 15) is 4.79 Å². The molecule has 1 amide bonds. The highest BCUT2D eigenvalue weighted by Crippen LogP contribution is 2.29. The van der Waals surface area contributed by atoms with Crippen molar-refractivity contribution in [1.29, 1.82) is 0 Å². The van der Waals surface area contributed by atoms with E-state index in [1.165, 1.54) is 11.3 Å². The Bertz CT molecular complexity index is 782. The smallest absolute Gasteiger partial charge is 0.275 e. The van der Waals surface area contributed by atoms with Crippen LogP contribution < -0.4 is 20.9 Å². The molecule has 1 aromatic heterocycles. The van der Waals surface area contributed by atoms with Crippen LogP contribution in [0.3, 0.4) is 0 Å². The number of benzene rings is 1. The third kappa shape index (κ3) is 4.23. The third-order valence-electron chi connectivity index (χ3n) is 5.04. The van der Waals surface area contributed by atoms with Gasteiger partial charge in [-0.2, -0.15) is 0 Å². The molecule has 2 aliphatic rings. The zero-order valence-electron chi connectivity index (χ0n) is 15.3. The Labute approximate surface area is 163 Å². The number of amides is 1. The van der Waals surface area contributed by atoms with E-state index in [0.29, 0.717) is 18.9 Å².